The monoisotopic (exact) mass is 429 g/mol. The van der Waals surface area contributed by atoms with Gasteiger partial charge in [0.1, 0.15) is 12.1 Å². The van der Waals surface area contributed by atoms with Crippen molar-refractivity contribution in [1.29, 1.82) is 0 Å². The molecule has 9 heteroatoms. The van der Waals surface area contributed by atoms with Crippen molar-refractivity contribution in [3.8, 4) is 0 Å². The molecule has 31 heavy (non-hydrogen) atoms. The molecule has 2 aliphatic heterocycles. The molecular weight excluding hydrogens is 398 g/mol. The number of aryl methyl sites for hydroxylation is 1. The number of rotatable bonds is 4. The lowest BCUT2D eigenvalue weighted by Gasteiger charge is -2.37. The molecule has 3 rings (SSSR count). The Hall–Kier alpha value is -3.10. The number of anilines is 1. The number of amidine groups is 1. The lowest BCUT2D eigenvalue weighted by atomic mass is 10.0. The molecule has 0 aromatic heterocycles. The highest BCUT2D eigenvalue weighted by atomic mass is 16.6. The summed E-state index contributed by atoms with van der Waals surface area (Å²) in [7, 11) is 0. The van der Waals surface area contributed by atoms with Crippen LogP contribution in [0.3, 0.4) is 0 Å². The Kier molecular flexibility index (Phi) is 6.82. The van der Waals surface area contributed by atoms with Crippen molar-refractivity contribution in [1.82, 2.24) is 15.6 Å². The Morgan fingerprint density at radius 3 is 2.61 bits per heavy atom. The van der Waals surface area contributed by atoms with Gasteiger partial charge in [-0.25, -0.2) is 9.80 Å². The van der Waals surface area contributed by atoms with Gasteiger partial charge in [0, 0.05) is 19.1 Å². The standard InChI is InChI=1S/C22H31N5O4/c1-15-8-10-16(11-9-15)27-18(28)14-23-19(25-27)20(29)26-12-6-5-7-17(26)13-24-21(30)31-22(2,3)4/h8-11,17H,5-7,12-14H2,1-4H3,(H,23,25)(H,24,30)/t17-/m1/s1. The Morgan fingerprint density at radius 2 is 1.94 bits per heavy atom. The summed E-state index contributed by atoms with van der Waals surface area (Å²) in [5.74, 6) is -0.383. The van der Waals surface area contributed by atoms with Crippen LogP contribution in [0, 0.1) is 6.92 Å². The fourth-order valence-corrected chi connectivity index (χ4v) is 3.57. The number of hydrazine groups is 1. The molecular formula is C22H31N5O4. The van der Waals surface area contributed by atoms with Gasteiger partial charge >= 0.3 is 6.09 Å². The molecule has 3 amide bonds. The van der Waals surface area contributed by atoms with Crippen LogP contribution in [0.1, 0.15) is 45.6 Å². The minimum atomic E-state index is -0.584. The number of aliphatic imine (C=N–C) groups is 1. The van der Waals surface area contributed by atoms with Gasteiger partial charge in [-0.05, 0) is 59.1 Å². The fraction of sp³-hybridized carbons (Fsp3) is 0.545. The molecule has 0 saturated carbocycles. The molecule has 1 saturated heterocycles. The maximum Gasteiger partial charge on any atom is 0.407 e. The van der Waals surface area contributed by atoms with Crippen LogP contribution in [0.5, 0.6) is 0 Å². The number of nitrogens with zero attached hydrogens (tertiary/aromatic N) is 3. The molecule has 0 bridgehead atoms. The number of nitrogens with one attached hydrogen (secondary N) is 2. The van der Waals surface area contributed by atoms with Gasteiger partial charge in [-0.3, -0.25) is 20.0 Å². The third kappa shape index (κ3) is 5.96. The van der Waals surface area contributed by atoms with Crippen molar-refractivity contribution in [2.24, 2.45) is 4.99 Å². The number of piperidine rings is 1. The number of hydrogen-bond donors (Lipinski definition) is 2. The van der Waals surface area contributed by atoms with Crippen LogP contribution in [0.4, 0.5) is 10.5 Å². The average Bonchev–Trinajstić information content (AvgIpc) is 2.72. The third-order valence-corrected chi connectivity index (χ3v) is 5.10. The topological polar surface area (TPSA) is 103 Å². The maximum atomic E-state index is 13.2. The molecule has 0 radical (unpaired) electrons. The van der Waals surface area contributed by atoms with Crippen LogP contribution in [-0.2, 0) is 14.3 Å². The van der Waals surface area contributed by atoms with E-state index in [4.69, 9.17) is 4.74 Å². The van der Waals surface area contributed by atoms with Crippen molar-refractivity contribution in [3.05, 3.63) is 29.8 Å². The largest absolute Gasteiger partial charge is 0.444 e. The van der Waals surface area contributed by atoms with E-state index in [0.717, 1.165) is 24.8 Å². The fourth-order valence-electron chi connectivity index (χ4n) is 3.57. The Labute approximate surface area is 182 Å². The van der Waals surface area contributed by atoms with Crippen LogP contribution in [0.25, 0.3) is 0 Å². The summed E-state index contributed by atoms with van der Waals surface area (Å²) in [5, 5.41) is 4.12. The summed E-state index contributed by atoms with van der Waals surface area (Å²) in [6.45, 7) is 8.14. The van der Waals surface area contributed by atoms with Crippen LogP contribution >= 0.6 is 0 Å². The summed E-state index contributed by atoms with van der Waals surface area (Å²) in [6, 6.07) is 7.29. The quantitative estimate of drug-likeness (QED) is 0.763. The SMILES string of the molecule is Cc1ccc(N2NC(C(=O)N3CCCC[C@@H]3CNC(=O)OC(C)(C)C)=NCC2=O)cc1. The van der Waals surface area contributed by atoms with Gasteiger partial charge in [-0.1, -0.05) is 17.7 Å². The molecule has 2 heterocycles. The Balaban J connectivity index is 1.67. The highest BCUT2D eigenvalue weighted by molar-refractivity contribution is 6.39. The minimum absolute atomic E-state index is 0.101. The van der Waals surface area contributed by atoms with Gasteiger partial charge in [-0.2, -0.15) is 0 Å². The van der Waals surface area contributed by atoms with E-state index in [0.29, 0.717) is 18.8 Å². The summed E-state index contributed by atoms with van der Waals surface area (Å²) >= 11 is 0. The molecule has 0 spiro atoms. The lowest BCUT2D eigenvalue weighted by Crippen LogP contribution is -2.59. The first-order valence-electron chi connectivity index (χ1n) is 10.6. The van der Waals surface area contributed by atoms with Gasteiger partial charge in [0.25, 0.3) is 11.8 Å². The van der Waals surface area contributed by atoms with E-state index in [9.17, 15) is 14.4 Å². The second-order valence-corrected chi connectivity index (χ2v) is 8.87. The van der Waals surface area contributed by atoms with E-state index in [-0.39, 0.29) is 30.2 Å². The van der Waals surface area contributed by atoms with E-state index >= 15 is 0 Å². The molecule has 1 atom stereocenters. The van der Waals surface area contributed by atoms with Crippen LogP contribution in [0.15, 0.2) is 29.3 Å². The number of alkyl carbamates (subject to hydrolysis) is 1. The van der Waals surface area contributed by atoms with Crippen molar-refractivity contribution >= 4 is 29.4 Å². The van der Waals surface area contributed by atoms with Crippen LogP contribution in [-0.4, -0.2) is 59.9 Å². The molecule has 2 aliphatic rings. The summed E-state index contributed by atoms with van der Waals surface area (Å²) in [5.41, 5.74) is 4.02. The summed E-state index contributed by atoms with van der Waals surface area (Å²) < 4.78 is 5.29. The molecule has 9 nitrogen and oxygen atoms in total. The van der Waals surface area contributed by atoms with Gasteiger partial charge in [0.05, 0.1) is 5.69 Å². The average molecular weight is 430 g/mol. The normalized spacial score (nSPS) is 19.4. The first-order valence-corrected chi connectivity index (χ1v) is 10.6. The van der Waals surface area contributed by atoms with Crippen molar-refractivity contribution in [3.63, 3.8) is 0 Å². The smallest absolute Gasteiger partial charge is 0.407 e. The van der Waals surface area contributed by atoms with Gasteiger partial charge < -0.3 is 15.0 Å². The molecule has 0 unspecified atom stereocenters. The number of amides is 3. The number of carbonyl (C=O) groups excluding carboxylic acids is 3. The number of ether oxygens (including phenoxy) is 1. The zero-order valence-electron chi connectivity index (χ0n) is 18.6. The van der Waals surface area contributed by atoms with Crippen LogP contribution < -0.4 is 15.8 Å². The molecule has 168 valence electrons. The van der Waals surface area contributed by atoms with E-state index in [2.05, 4.69) is 15.7 Å². The minimum Gasteiger partial charge on any atom is -0.444 e. The van der Waals surface area contributed by atoms with E-state index < -0.39 is 11.7 Å². The molecule has 1 aromatic rings. The zero-order valence-corrected chi connectivity index (χ0v) is 18.6. The summed E-state index contributed by atoms with van der Waals surface area (Å²) in [4.78, 5) is 43.5. The molecule has 1 fully saturated rings. The predicted octanol–water partition coefficient (Wildman–Crippen LogP) is 2.15. The van der Waals surface area contributed by atoms with E-state index in [1.54, 1.807) is 25.7 Å². The lowest BCUT2D eigenvalue weighted by molar-refractivity contribution is -0.127. The third-order valence-electron chi connectivity index (χ3n) is 5.10. The van der Waals surface area contributed by atoms with Crippen molar-refractivity contribution in [2.75, 3.05) is 24.6 Å². The van der Waals surface area contributed by atoms with Gasteiger partial charge in [0.2, 0.25) is 5.84 Å². The predicted molar refractivity (Wildman–Crippen MR) is 118 cm³/mol. The Bertz CT molecular complexity index is 860. The van der Waals surface area contributed by atoms with Gasteiger partial charge in [0.15, 0.2) is 0 Å². The number of benzene rings is 1. The maximum absolute atomic E-state index is 13.2. The Morgan fingerprint density at radius 1 is 1.23 bits per heavy atom. The first-order chi connectivity index (χ1) is 14.6. The second-order valence-electron chi connectivity index (χ2n) is 8.87. The number of likely N-dealkylation sites (tertiary alicyclic amines) is 1. The van der Waals surface area contributed by atoms with Crippen LogP contribution in [0.2, 0.25) is 0 Å². The molecule has 1 aromatic carbocycles. The highest BCUT2D eigenvalue weighted by Crippen LogP contribution is 2.19. The zero-order chi connectivity index (χ0) is 22.6. The van der Waals surface area contributed by atoms with Gasteiger partial charge in [-0.15, -0.1) is 0 Å². The summed E-state index contributed by atoms with van der Waals surface area (Å²) in [6.07, 6.45) is 2.12. The molecule has 2 N–H and O–H groups in total. The molecule has 0 aliphatic carbocycles. The van der Waals surface area contributed by atoms with E-state index in [1.165, 1.54) is 5.01 Å². The second kappa shape index (κ2) is 9.36. The number of carbonyl (C=O) groups is 3. The first kappa shape index (κ1) is 22.6. The van der Waals surface area contributed by atoms with Crippen molar-refractivity contribution in [2.45, 2.75) is 58.6 Å². The van der Waals surface area contributed by atoms with E-state index in [1.807, 2.05) is 31.2 Å². The number of hydrogen-bond acceptors (Lipinski definition) is 6. The van der Waals surface area contributed by atoms with Crippen molar-refractivity contribution < 1.29 is 19.1 Å². The highest BCUT2D eigenvalue weighted by Gasteiger charge is 2.33.